The molecule has 20 heavy (non-hydrogen) atoms. The number of hydrogen-bond acceptors (Lipinski definition) is 2. The van der Waals surface area contributed by atoms with Gasteiger partial charge in [0, 0.05) is 0 Å². The second-order valence-corrected chi connectivity index (χ2v) is 7.68. The Morgan fingerprint density at radius 2 is 1.85 bits per heavy atom. The van der Waals surface area contributed by atoms with Crippen molar-refractivity contribution in [3.8, 4) is 5.75 Å². The van der Waals surface area contributed by atoms with Crippen molar-refractivity contribution in [3.05, 3.63) is 28.8 Å². The minimum atomic E-state index is -0.207. The molecule has 0 saturated heterocycles. The number of aryl methyl sites for hydroxylation is 2. The lowest BCUT2D eigenvalue weighted by Gasteiger charge is -2.56. The highest BCUT2D eigenvalue weighted by molar-refractivity contribution is 5.47. The first-order chi connectivity index (χ1) is 9.26. The van der Waals surface area contributed by atoms with Gasteiger partial charge in [-0.3, -0.25) is 0 Å². The number of benzene rings is 1. The van der Waals surface area contributed by atoms with Crippen LogP contribution < -0.4 is 0 Å². The second-order valence-electron chi connectivity index (χ2n) is 7.68. The first-order valence-corrected chi connectivity index (χ1v) is 7.78. The van der Waals surface area contributed by atoms with Crippen LogP contribution in [-0.4, -0.2) is 16.3 Å². The van der Waals surface area contributed by atoms with E-state index in [2.05, 4.69) is 26.8 Å². The third-order valence-electron chi connectivity index (χ3n) is 6.20. The van der Waals surface area contributed by atoms with E-state index in [1.807, 2.05) is 13.0 Å². The van der Waals surface area contributed by atoms with Gasteiger partial charge in [-0.2, -0.15) is 0 Å². The van der Waals surface area contributed by atoms with Crippen molar-refractivity contribution in [2.75, 3.05) is 0 Å². The molecule has 3 rings (SSSR count). The van der Waals surface area contributed by atoms with Crippen LogP contribution in [0, 0.1) is 18.3 Å². The van der Waals surface area contributed by atoms with Crippen molar-refractivity contribution >= 4 is 0 Å². The smallest absolute Gasteiger partial charge is 0.118 e. The molecule has 0 radical (unpaired) electrons. The lowest BCUT2D eigenvalue weighted by Crippen LogP contribution is -2.53. The molecule has 2 aliphatic rings. The summed E-state index contributed by atoms with van der Waals surface area (Å²) in [6.45, 7) is 8.72. The third-order valence-corrected chi connectivity index (χ3v) is 6.20. The van der Waals surface area contributed by atoms with Crippen molar-refractivity contribution in [3.63, 3.8) is 0 Å². The van der Waals surface area contributed by atoms with Crippen LogP contribution in [0.4, 0.5) is 0 Å². The van der Waals surface area contributed by atoms with Gasteiger partial charge in [-0.05, 0) is 72.1 Å². The van der Waals surface area contributed by atoms with Gasteiger partial charge in [-0.25, -0.2) is 0 Å². The van der Waals surface area contributed by atoms with Crippen LogP contribution in [0.25, 0.3) is 0 Å². The minimum absolute atomic E-state index is 0.0504. The van der Waals surface area contributed by atoms with E-state index in [4.69, 9.17) is 0 Å². The lowest BCUT2D eigenvalue weighted by atomic mass is 9.49. The van der Waals surface area contributed by atoms with E-state index < -0.39 is 0 Å². The highest BCUT2D eigenvalue weighted by Gasteiger charge is 2.53. The Morgan fingerprint density at radius 3 is 2.55 bits per heavy atom. The third kappa shape index (κ3) is 1.74. The molecule has 2 nitrogen and oxygen atoms in total. The first kappa shape index (κ1) is 13.9. The summed E-state index contributed by atoms with van der Waals surface area (Å²) in [5.41, 5.74) is 3.72. The standard InChI is InChI=1S/C18H26O2/c1-11-9-12-5-6-15-17(2,3)16(20)7-8-18(15,4)13(12)10-14(11)19/h9-10,15-16,19-20H,5-8H2,1-4H3/t15-,16+,18-/m1/s1. The second kappa shape index (κ2) is 4.24. The van der Waals surface area contributed by atoms with Crippen LogP contribution in [0.2, 0.25) is 0 Å². The van der Waals surface area contributed by atoms with Crippen molar-refractivity contribution < 1.29 is 10.2 Å². The Hall–Kier alpha value is -1.02. The summed E-state index contributed by atoms with van der Waals surface area (Å²) in [5, 5.41) is 20.5. The molecule has 0 aromatic heterocycles. The van der Waals surface area contributed by atoms with E-state index in [0.717, 1.165) is 31.2 Å². The fraction of sp³-hybridized carbons (Fsp3) is 0.667. The molecule has 3 atom stereocenters. The number of aliphatic hydroxyl groups is 1. The number of phenolic OH excluding ortho intramolecular Hbond substituents is 1. The van der Waals surface area contributed by atoms with Gasteiger partial charge in [-0.15, -0.1) is 0 Å². The maximum absolute atomic E-state index is 10.4. The normalized spacial score (nSPS) is 35.2. The van der Waals surface area contributed by atoms with Crippen LogP contribution in [-0.2, 0) is 11.8 Å². The van der Waals surface area contributed by atoms with Gasteiger partial charge in [0.2, 0.25) is 0 Å². The molecule has 110 valence electrons. The molecule has 2 N–H and O–H groups in total. The molecule has 2 aliphatic carbocycles. The number of hydrogen-bond donors (Lipinski definition) is 2. The predicted molar refractivity (Wildman–Crippen MR) is 81.0 cm³/mol. The van der Waals surface area contributed by atoms with Crippen LogP contribution >= 0.6 is 0 Å². The maximum Gasteiger partial charge on any atom is 0.118 e. The van der Waals surface area contributed by atoms with Gasteiger partial charge in [0.1, 0.15) is 5.75 Å². The van der Waals surface area contributed by atoms with E-state index in [1.165, 1.54) is 11.1 Å². The highest BCUT2D eigenvalue weighted by atomic mass is 16.3. The number of rotatable bonds is 0. The maximum atomic E-state index is 10.4. The highest BCUT2D eigenvalue weighted by Crippen LogP contribution is 2.57. The Kier molecular flexibility index (Phi) is 2.95. The monoisotopic (exact) mass is 274 g/mol. The Labute approximate surface area is 121 Å². The van der Waals surface area contributed by atoms with Crippen molar-refractivity contribution in [1.82, 2.24) is 0 Å². The van der Waals surface area contributed by atoms with Crippen LogP contribution in [0.1, 0.15) is 56.7 Å². The van der Waals surface area contributed by atoms with Gasteiger partial charge in [-0.1, -0.05) is 26.8 Å². The minimum Gasteiger partial charge on any atom is -0.508 e. The molecule has 0 unspecified atom stereocenters. The number of aliphatic hydroxyl groups excluding tert-OH is 1. The van der Waals surface area contributed by atoms with Gasteiger partial charge in [0.25, 0.3) is 0 Å². The van der Waals surface area contributed by atoms with Crippen molar-refractivity contribution in [2.24, 2.45) is 11.3 Å². The fourth-order valence-electron chi connectivity index (χ4n) is 4.84. The molecule has 2 heteroatoms. The summed E-state index contributed by atoms with van der Waals surface area (Å²) in [4.78, 5) is 0. The van der Waals surface area contributed by atoms with Crippen LogP contribution in [0.3, 0.4) is 0 Å². The zero-order valence-electron chi connectivity index (χ0n) is 13.0. The number of phenols is 1. The fourth-order valence-corrected chi connectivity index (χ4v) is 4.84. The summed E-state index contributed by atoms with van der Waals surface area (Å²) < 4.78 is 0. The zero-order chi connectivity index (χ0) is 14.7. The van der Waals surface area contributed by atoms with E-state index in [-0.39, 0.29) is 16.9 Å². The van der Waals surface area contributed by atoms with Gasteiger partial charge in [0.05, 0.1) is 6.10 Å². The van der Waals surface area contributed by atoms with E-state index in [0.29, 0.717) is 11.7 Å². The van der Waals surface area contributed by atoms with Gasteiger partial charge in [0.15, 0.2) is 0 Å². The zero-order valence-corrected chi connectivity index (χ0v) is 13.0. The van der Waals surface area contributed by atoms with E-state index >= 15 is 0 Å². The Balaban J connectivity index is 2.14. The largest absolute Gasteiger partial charge is 0.508 e. The molecule has 1 saturated carbocycles. The summed E-state index contributed by atoms with van der Waals surface area (Å²) in [5.74, 6) is 0.892. The van der Waals surface area contributed by atoms with Crippen LogP contribution in [0.15, 0.2) is 12.1 Å². The van der Waals surface area contributed by atoms with E-state index in [1.54, 1.807) is 0 Å². The molecule has 1 fully saturated rings. The quantitative estimate of drug-likeness (QED) is 0.757. The number of aromatic hydroxyl groups is 1. The molecule has 0 heterocycles. The molecule has 0 aliphatic heterocycles. The summed E-state index contributed by atoms with van der Waals surface area (Å²) >= 11 is 0. The Bertz CT molecular complexity index is 547. The van der Waals surface area contributed by atoms with Crippen LogP contribution in [0.5, 0.6) is 5.75 Å². The van der Waals surface area contributed by atoms with Crippen molar-refractivity contribution in [2.45, 2.75) is 64.9 Å². The Morgan fingerprint density at radius 1 is 1.15 bits per heavy atom. The lowest BCUT2D eigenvalue weighted by molar-refractivity contribution is -0.0731. The number of fused-ring (bicyclic) bond motifs is 3. The SMILES string of the molecule is Cc1cc2c(cc1O)[C@@]1(C)CC[C@H](O)C(C)(C)[C@H]1CC2. The molecule has 1 aromatic carbocycles. The average molecular weight is 274 g/mol. The topological polar surface area (TPSA) is 40.5 Å². The molecule has 0 bridgehead atoms. The molecule has 1 aromatic rings. The summed E-state index contributed by atoms with van der Waals surface area (Å²) in [6, 6.07) is 4.15. The molecule has 0 spiro atoms. The average Bonchev–Trinajstić information content (AvgIpc) is 2.37. The molecular weight excluding hydrogens is 248 g/mol. The molecular formula is C18H26O2. The van der Waals surface area contributed by atoms with Crippen molar-refractivity contribution in [1.29, 1.82) is 0 Å². The molecule has 0 amide bonds. The summed E-state index contributed by atoms with van der Waals surface area (Å²) in [7, 11) is 0. The van der Waals surface area contributed by atoms with Gasteiger partial charge >= 0.3 is 0 Å². The summed E-state index contributed by atoms with van der Waals surface area (Å²) in [6.07, 6.45) is 3.86. The first-order valence-electron chi connectivity index (χ1n) is 7.78. The predicted octanol–water partition coefficient (Wildman–Crippen LogP) is 3.70. The van der Waals surface area contributed by atoms with Gasteiger partial charge < -0.3 is 10.2 Å². The van der Waals surface area contributed by atoms with E-state index in [9.17, 15) is 10.2 Å².